The number of urea groups is 1. The van der Waals surface area contributed by atoms with Gasteiger partial charge in [0.05, 0.1) is 5.52 Å². The number of hydrogen-bond acceptors (Lipinski definition) is 6. The normalized spacial score (nSPS) is 18.6. The lowest BCUT2D eigenvalue weighted by Crippen LogP contribution is -2.52. The van der Waals surface area contributed by atoms with E-state index in [0.717, 1.165) is 34.8 Å². The Kier molecular flexibility index (Phi) is 7.85. The molecule has 4 aromatic rings. The molecule has 2 fully saturated rings. The zero-order valence-corrected chi connectivity index (χ0v) is 25.3. The van der Waals surface area contributed by atoms with Gasteiger partial charge in [-0.25, -0.2) is 9.78 Å². The van der Waals surface area contributed by atoms with Gasteiger partial charge in [0, 0.05) is 73.8 Å². The minimum absolute atomic E-state index is 0.0877. The highest BCUT2D eigenvalue weighted by Crippen LogP contribution is 2.29. The van der Waals surface area contributed by atoms with E-state index < -0.39 is 11.9 Å². The average Bonchev–Trinajstić information content (AvgIpc) is 3.57. The summed E-state index contributed by atoms with van der Waals surface area (Å²) in [5, 5.41) is 10.6. The Hall–Kier alpha value is -5.26. The smallest absolute Gasteiger partial charge is 0.317 e. The molecule has 2 aromatic carbocycles. The van der Waals surface area contributed by atoms with Crippen molar-refractivity contribution < 1.29 is 24.0 Å². The van der Waals surface area contributed by atoms with Gasteiger partial charge in [0.25, 0.3) is 11.8 Å². The maximum atomic E-state index is 13.0. The number of hydrogen-bond donors (Lipinski definition) is 3. The SMILES string of the molecule is O=C1CCC(N2Cc3cc(C(=O)NCC4CCN(C(=O)NCCn5c6ccccc6c6cccnc65)CC4)ccc3C2=O)C(=O)N1. The fourth-order valence-electron chi connectivity index (χ4n) is 6.88. The summed E-state index contributed by atoms with van der Waals surface area (Å²) in [6, 6.07) is 16.4. The van der Waals surface area contributed by atoms with E-state index in [4.69, 9.17) is 0 Å². The van der Waals surface area contributed by atoms with E-state index in [9.17, 15) is 24.0 Å². The summed E-state index contributed by atoms with van der Waals surface area (Å²) in [6.45, 7) is 3.03. The quantitative estimate of drug-likeness (QED) is 0.271. The first-order chi connectivity index (χ1) is 22.4. The van der Waals surface area contributed by atoms with Crippen LogP contribution in [-0.4, -0.2) is 81.2 Å². The third-order valence-electron chi connectivity index (χ3n) is 9.38. The van der Waals surface area contributed by atoms with Gasteiger partial charge in [-0.3, -0.25) is 24.5 Å². The van der Waals surface area contributed by atoms with E-state index in [-0.39, 0.29) is 42.6 Å². The molecule has 0 radical (unpaired) electrons. The monoisotopic (exact) mass is 621 g/mol. The molecular formula is C34H35N7O5. The first-order valence-corrected chi connectivity index (χ1v) is 15.8. The molecule has 0 bridgehead atoms. The van der Waals surface area contributed by atoms with Gasteiger partial charge in [0.2, 0.25) is 11.8 Å². The Morgan fingerprint density at radius 3 is 2.57 bits per heavy atom. The zero-order valence-electron chi connectivity index (χ0n) is 25.3. The number of carbonyl (C=O) groups is 5. The molecule has 3 N–H and O–H groups in total. The van der Waals surface area contributed by atoms with Crippen LogP contribution in [-0.2, 0) is 22.7 Å². The number of benzene rings is 2. The second kappa shape index (κ2) is 12.3. The molecule has 12 heteroatoms. The van der Waals surface area contributed by atoms with Crippen LogP contribution in [0, 0.1) is 5.92 Å². The number of fused-ring (bicyclic) bond motifs is 4. The molecule has 0 aliphatic carbocycles. The molecule has 6 amide bonds. The highest BCUT2D eigenvalue weighted by atomic mass is 16.2. The largest absolute Gasteiger partial charge is 0.352 e. The number of pyridine rings is 1. The minimum atomic E-state index is -0.694. The van der Waals surface area contributed by atoms with Crippen molar-refractivity contribution in [3.05, 3.63) is 77.5 Å². The summed E-state index contributed by atoms with van der Waals surface area (Å²) < 4.78 is 2.15. The number of nitrogens with one attached hydrogen (secondary N) is 3. The van der Waals surface area contributed by atoms with Crippen molar-refractivity contribution in [3.8, 4) is 0 Å². The zero-order chi connectivity index (χ0) is 31.8. The number of aromatic nitrogens is 2. The molecule has 46 heavy (non-hydrogen) atoms. The van der Waals surface area contributed by atoms with Crippen LogP contribution in [0.2, 0.25) is 0 Å². The van der Waals surface area contributed by atoms with Crippen LogP contribution in [0.1, 0.15) is 52.0 Å². The Labute approximate surface area is 265 Å². The van der Waals surface area contributed by atoms with E-state index in [1.807, 2.05) is 23.1 Å². The van der Waals surface area contributed by atoms with E-state index in [1.165, 1.54) is 4.90 Å². The molecule has 1 unspecified atom stereocenters. The predicted octanol–water partition coefficient (Wildman–Crippen LogP) is 2.80. The van der Waals surface area contributed by atoms with E-state index in [1.54, 1.807) is 24.4 Å². The first-order valence-electron chi connectivity index (χ1n) is 15.8. The van der Waals surface area contributed by atoms with Crippen molar-refractivity contribution in [1.29, 1.82) is 0 Å². The van der Waals surface area contributed by atoms with Crippen LogP contribution in [0.4, 0.5) is 4.79 Å². The molecule has 1 atom stereocenters. The van der Waals surface area contributed by atoms with Crippen LogP contribution < -0.4 is 16.0 Å². The number of piperidine rings is 2. The highest BCUT2D eigenvalue weighted by Gasteiger charge is 2.39. The lowest BCUT2D eigenvalue weighted by Gasteiger charge is -2.32. The topological polar surface area (TPSA) is 146 Å². The molecule has 12 nitrogen and oxygen atoms in total. The molecule has 2 saturated heterocycles. The van der Waals surface area contributed by atoms with Gasteiger partial charge < -0.3 is 25.0 Å². The van der Waals surface area contributed by atoms with Crippen molar-refractivity contribution in [3.63, 3.8) is 0 Å². The fourth-order valence-corrected chi connectivity index (χ4v) is 6.88. The Bertz CT molecular complexity index is 1820. The van der Waals surface area contributed by atoms with E-state index in [2.05, 4.69) is 43.7 Å². The van der Waals surface area contributed by atoms with Gasteiger partial charge in [0.15, 0.2) is 0 Å². The summed E-state index contributed by atoms with van der Waals surface area (Å²) in [4.78, 5) is 70.6. The van der Waals surface area contributed by atoms with Crippen LogP contribution in [0.3, 0.4) is 0 Å². The van der Waals surface area contributed by atoms with Crippen LogP contribution in [0.5, 0.6) is 0 Å². The van der Waals surface area contributed by atoms with Gasteiger partial charge in [-0.1, -0.05) is 18.2 Å². The van der Waals surface area contributed by atoms with Gasteiger partial charge >= 0.3 is 6.03 Å². The number of carbonyl (C=O) groups excluding carboxylic acids is 5. The number of likely N-dealkylation sites (tertiary alicyclic amines) is 1. The van der Waals surface area contributed by atoms with E-state index in [0.29, 0.717) is 55.8 Å². The second-order valence-corrected chi connectivity index (χ2v) is 12.2. The second-order valence-electron chi connectivity index (χ2n) is 12.2. The molecule has 7 rings (SSSR count). The number of nitrogens with zero attached hydrogens (tertiary/aromatic N) is 4. The van der Waals surface area contributed by atoms with Gasteiger partial charge in [0.1, 0.15) is 11.7 Å². The summed E-state index contributed by atoms with van der Waals surface area (Å²) in [7, 11) is 0. The minimum Gasteiger partial charge on any atom is -0.352 e. The summed E-state index contributed by atoms with van der Waals surface area (Å²) in [5.74, 6) is -1.04. The van der Waals surface area contributed by atoms with Gasteiger partial charge in [-0.2, -0.15) is 0 Å². The first kappa shape index (κ1) is 29.5. The van der Waals surface area contributed by atoms with Crippen molar-refractivity contribution in [2.45, 2.75) is 44.8 Å². The number of para-hydroxylation sites is 1. The van der Waals surface area contributed by atoms with Crippen molar-refractivity contribution >= 4 is 51.6 Å². The van der Waals surface area contributed by atoms with Crippen LogP contribution in [0.25, 0.3) is 21.9 Å². The number of imide groups is 1. The molecule has 0 saturated carbocycles. The molecule has 2 aromatic heterocycles. The summed E-state index contributed by atoms with van der Waals surface area (Å²) in [5.41, 5.74) is 3.61. The van der Waals surface area contributed by atoms with Crippen molar-refractivity contribution in [2.24, 2.45) is 5.92 Å². The summed E-state index contributed by atoms with van der Waals surface area (Å²) >= 11 is 0. The third kappa shape index (κ3) is 5.55. The average molecular weight is 622 g/mol. The number of amides is 6. The molecular weight excluding hydrogens is 586 g/mol. The van der Waals surface area contributed by atoms with Gasteiger partial charge in [-0.05, 0) is 67.1 Å². The third-order valence-corrected chi connectivity index (χ3v) is 9.38. The van der Waals surface area contributed by atoms with E-state index >= 15 is 0 Å². The molecule has 236 valence electrons. The Morgan fingerprint density at radius 1 is 0.935 bits per heavy atom. The van der Waals surface area contributed by atoms with Crippen LogP contribution >= 0.6 is 0 Å². The lowest BCUT2D eigenvalue weighted by atomic mass is 9.96. The standard InChI is InChI=1S/C34H35N7O5/c42-29-10-9-28(32(44)38-29)41-20-23-18-22(7-8-24(23)33(41)45)31(43)37-19-21-11-15-39(16-12-21)34(46)36-14-17-40-27-6-2-1-4-25(27)26-5-3-13-35-30(26)40/h1-8,13,18,21,28H,9-12,14-17,19-20H2,(H,36,46)(H,37,43)(H,38,42,44). The summed E-state index contributed by atoms with van der Waals surface area (Å²) in [6.07, 6.45) is 3.83. The molecule has 5 heterocycles. The Balaban J connectivity index is 0.874. The van der Waals surface area contributed by atoms with Crippen molar-refractivity contribution in [1.82, 2.24) is 35.3 Å². The predicted molar refractivity (Wildman–Crippen MR) is 170 cm³/mol. The lowest BCUT2D eigenvalue weighted by molar-refractivity contribution is -0.136. The van der Waals surface area contributed by atoms with Crippen LogP contribution in [0.15, 0.2) is 60.8 Å². The number of rotatable bonds is 7. The molecule has 3 aliphatic rings. The fraction of sp³-hybridized carbons (Fsp3) is 0.353. The maximum absolute atomic E-state index is 13.0. The van der Waals surface area contributed by atoms with Gasteiger partial charge in [-0.15, -0.1) is 0 Å². The molecule has 3 aliphatic heterocycles. The maximum Gasteiger partial charge on any atom is 0.317 e. The van der Waals surface area contributed by atoms with Crippen molar-refractivity contribution in [2.75, 3.05) is 26.2 Å². The highest BCUT2D eigenvalue weighted by molar-refractivity contribution is 6.07. The Morgan fingerprint density at radius 2 is 1.74 bits per heavy atom. The molecule has 0 spiro atoms.